The minimum atomic E-state index is -0.470. The minimum Gasteiger partial charge on any atom is -0.349 e. The summed E-state index contributed by atoms with van der Waals surface area (Å²) in [5.74, 6) is -0.470. The molecule has 0 aliphatic rings. The predicted octanol–water partition coefficient (Wildman–Crippen LogP) is 1.18. The molecule has 0 aliphatic carbocycles. The van der Waals surface area contributed by atoms with Gasteiger partial charge in [-0.3, -0.25) is 19.0 Å². The standard InChI is InChI=1S/C17H19N5O2/c1-11-10-12(2)22(19-11)9-8-18-17(24)15-16(23)13-6-4-5-7-14(13)21(3)20-15/h4-7,10H,8-9H2,1-3H3,(H,18,24). The molecule has 0 unspecified atom stereocenters. The van der Waals surface area contributed by atoms with Crippen LogP contribution in [0.4, 0.5) is 0 Å². The van der Waals surface area contributed by atoms with Crippen molar-refractivity contribution in [3.05, 3.63) is 57.6 Å². The van der Waals surface area contributed by atoms with Crippen LogP contribution in [0.25, 0.3) is 10.9 Å². The zero-order valence-electron chi connectivity index (χ0n) is 13.9. The number of nitrogens with zero attached hydrogens (tertiary/aromatic N) is 4. The second-order valence-corrected chi connectivity index (χ2v) is 5.72. The highest BCUT2D eigenvalue weighted by atomic mass is 16.2. The molecule has 2 aromatic heterocycles. The van der Waals surface area contributed by atoms with Gasteiger partial charge in [-0.05, 0) is 32.0 Å². The highest BCUT2D eigenvalue weighted by molar-refractivity contribution is 5.95. The molecule has 0 bridgehead atoms. The van der Waals surface area contributed by atoms with E-state index in [1.807, 2.05) is 30.7 Å². The van der Waals surface area contributed by atoms with E-state index in [4.69, 9.17) is 0 Å². The number of aromatic nitrogens is 4. The highest BCUT2D eigenvalue weighted by Crippen LogP contribution is 2.08. The molecule has 0 saturated carbocycles. The summed E-state index contributed by atoms with van der Waals surface area (Å²) in [6.07, 6.45) is 0. The van der Waals surface area contributed by atoms with Crippen molar-refractivity contribution in [2.24, 2.45) is 7.05 Å². The van der Waals surface area contributed by atoms with E-state index in [1.54, 1.807) is 29.9 Å². The number of rotatable bonds is 4. The van der Waals surface area contributed by atoms with Crippen LogP contribution in [0.15, 0.2) is 35.1 Å². The van der Waals surface area contributed by atoms with Crippen LogP contribution in [0.5, 0.6) is 0 Å². The van der Waals surface area contributed by atoms with Crippen molar-refractivity contribution in [1.29, 1.82) is 0 Å². The molecule has 3 rings (SSSR count). The van der Waals surface area contributed by atoms with Gasteiger partial charge < -0.3 is 5.32 Å². The van der Waals surface area contributed by atoms with E-state index in [0.29, 0.717) is 24.0 Å². The quantitative estimate of drug-likeness (QED) is 0.781. The Labute approximate surface area is 138 Å². The van der Waals surface area contributed by atoms with E-state index in [1.165, 1.54) is 0 Å². The number of carbonyl (C=O) groups excluding carboxylic acids is 1. The monoisotopic (exact) mass is 325 g/mol. The van der Waals surface area contributed by atoms with Crippen LogP contribution in [0.3, 0.4) is 0 Å². The number of hydrogen-bond donors (Lipinski definition) is 1. The number of aryl methyl sites for hydroxylation is 3. The molecule has 3 aromatic rings. The number of hydrogen-bond acceptors (Lipinski definition) is 4. The lowest BCUT2D eigenvalue weighted by Crippen LogP contribution is -2.33. The van der Waals surface area contributed by atoms with Crippen molar-refractivity contribution in [3.63, 3.8) is 0 Å². The van der Waals surface area contributed by atoms with Crippen LogP contribution in [0, 0.1) is 13.8 Å². The fraction of sp³-hybridized carbons (Fsp3) is 0.294. The fourth-order valence-corrected chi connectivity index (χ4v) is 2.73. The van der Waals surface area contributed by atoms with Gasteiger partial charge in [-0.25, -0.2) is 0 Å². The van der Waals surface area contributed by atoms with Crippen molar-refractivity contribution in [1.82, 2.24) is 24.9 Å². The molecule has 0 aliphatic heterocycles. The third-order valence-electron chi connectivity index (χ3n) is 3.89. The molecule has 24 heavy (non-hydrogen) atoms. The number of amides is 1. The Kier molecular flexibility index (Phi) is 4.16. The molecule has 0 atom stereocenters. The Morgan fingerprint density at radius 3 is 2.67 bits per heavy atom. The molecule has 2 heterocycles. The molecule has 0 spiro atoms. The molecule has 0 fully saturated rings. The number of nitrogens with one attached hydrogen (secondary N) is 1. The average Bonchev–Trinajstić information content (AvgIpc) is 2.88. The number of para-hydroxylation sites is 1. The van der Waals surface area contributed by atoms with Gasteiger partial charge in [0.2, 0.25) is 5.43 Å². The SMILES string of the molecule is Cc1cc(C)n(CCNC(=O)c2nn(C)c3ccccc3c2=O)n1. The van der Waals surface area contributed by atoms with Gasteiger partial charge in [0.1, 0.15) is 0 Å². The van der Waals surface area contributed by atoms with E-state index >= 15 is 0 Å². The maximum absolute atomic E-state index is 12.5. The van der Waals surface area contributed by atoms with Crippen LogP contribution in [0.1, 0.15) is 21.9 Å². The van der Waals surface area contributed by atoms with E-state index in [9.17, 15) is 9.59 Å². The molecule has 124 valence electrons. The summed E-state index contributed by atoms with van der Waals surface area (Å²) in [5.41, 5.74) is 2.21. The van der Waals surface area contributed by atoms with Gasteiger partial charge in [-0.1, -0.05) is 12.1 Å². The molecule has 0 radical (unpaired) electrons. The second-order valence-electron chi connectivity index (χ2n) is 5.72. The third-order valence-corrected chi connectivity index (χ3v) is 3.89. The molecule has 0 saturated heterocycles. The first-order valence-electron chi connectivity index (χ1n) is 7.72. The van der Waals surface area contributed by atoms with E-state index < -0.39 is 5.91 Å². The van der Waals surface area contributed by atoms with Crippen LogP contribution in [0.2, 0.25) is 0 Å². The molecule has 1 amide bonds. The van der Waals surface area contributed by atoms with Gasteiger partial charge in [-0.2, -0.15) is 10.2 Å². The summed E-state index contributed by atoms with van der Waals surface area (Å²) < 4.78 is 3.37. The normalized spacial score (nSPS) is 11.0. The van der Waals surface area contributed by atoms with Crippen molar-refractivity contribution in [3.8, 4) is 0 Å². The first-order valence-corrected chi connectivity index (χ1v) is 7.72. The Balaban J connectivity index is 1.78. The second kappa shape index (κ2) is 6.27. The summed E-state index contributed by atoms with van der Waals surface area (Å²) in [4.78, 5) is 24.8. The Bertz CT molecular complexity index is 971. The number of carbonyl (C=O) groups is 1. The lowest BCUT2D eigenvalue weighted by molar-refractivity contribution is 0.0944. The van der Waals surface area contributed by atoms with Crippen molar-refractivity contribution < 1.29 is 4.79 Å². The predicted molar refractivity (Wildman–Crippen MR) is 91.0 cm³/mol. The van der Waals surface area contributed by atoms with Crippen LogP contribution >= 0.6 is 0 Å². The van der Waals surface area contributed by atoms with Crippen LogP contribution in [-0.2, 0) is 13.6 Å². The van der Waals surface area contributed by atoms with Crippen LogP contribution in [-0.4, -0.2) is 32.0 Å². The molecule has 1 N–H and O–H groups in total. The summed E-state index contributed by atoms with van der Waals surface area (Å²) >= 11 is 0. The summed E-state index contributed by atoms with van der Waals surface area (Å²) in [6, 6.07) is 9.08. The summed E-state index contributed by atoms with van der Waals surface area (Å²) in [5, 5.41) is 11.7. The Morgan fingerprint density at radius 2 is 1.96 bits per heavy atom. The zero-order chi connectivity index (χ0) is 17.3. The van der Waals surface area contributed by atoms with Crippen LogP contribution < -0.4 is 10.7 Å². The number of fused-ring (bicyclic) bond motifs is 1. The largest absolute Gasteiger partial charge is 0.349 e. The zero-order valence-corrected chi connectivity index (χ0v) is 13.9. The van der Waals surface area contributed by atoms with Gasteiger partial charge in [-0.15, -0.1) is 0 Å². The van der Waals surface area contributed by atoms with Gasteiger partial charge in [0, 0.05) is 24.7 Å². The topological polar surface area (TPSA) is 81.8 Å². The minimum absolute atomic E-state index is 0.0930. The molecular formula is C17H19N5O2. The average molecular weight is 325 g/mol. The van der Waals surface area contributed by atoms with Crippen molar-refractivity contribution >= 4 is 16.8 Å². The summed E-state index contributed by atoms with van der Waals surface area (Å²) in [6.45, 7) is 4.80. The Hall–Kier alpha value is -2.96. The fourth-order valence-electron chi connectivity index (χ4n) is 2.73. The van der Waals surface area contributed by atoms with Gasteiger partial charge >= 0.3 is 0 Å². The molecule has 1 aromatic carbocycles. The molecule has 7 nitrogen and oxygen atoms in total. The maximum Gasteiger partial charge on any atom is 0.275 e. The van der Waals surface area contributed by atoms with Crippen molar-refractivity contribution in [2.75, 3.05) is 6.54 Å². The maximum atomic E-state index is 12.5. The first kappa shape index (κ1) is 15.9. The number of benzene rings is 1. The smallest absolute Gasteiger partial charge is 0.275 e. The van der Waals surface area contributed by atoms with Gasteiger partial charge in [0.15, 0.2) is 5.69 Å². The lowest BCUT2D eigenvalue weighted by atomic mass is 10.2. The van der Waals surface area contributed by atoms with E-state index in [2.05, 4.69) is 15.5 Å². The van der Waals surface area contributed by atoms with Crippen molar-refractivity contribution in [2.45, 2.75) is 20.4 Å². The summed E-state index contributed by atoms with van der Waals surface area (Å²) in [7, 11) is 1.72. The lowest BCUT2D eigenvalue weighted by Gasteiger charge is -2.09. The Morgan fingerprint density at radius 1 is 1.21 bits per heavy atom. The van der Waals surface area contributed by atoms with E-state index in [0.717, 1.165) is 11.4 Å². The van der Waals surface area contributed by atoms with Gasteiger partial charge in [0.25, 0.3) is 5.91 Å². The van der Waals surface area contributed by atoms with E-state index in [-0.39, 0.29) is 11.1 Å². The first-order chi connectivity index (χ1) is 11.5. The highest BCUT2D eigenvalue weighted by Gasteiger charge is 2.16. The molecule has 7 heteroatoms. The molecular weight excluding hydrogens is 306 g/mol. The van der Waals surface area contributed by atoms with Gasteiger partial charge in [0.05, 0.1) is 17.8 Å². The third kappa shape index (κ3) is 2.92.